The van der Waals surface area contributed by atoms with Crippen molar-refractivity contribution in [1.82, 2.24) is 30.2 Å². The van der Waals surface area contributed by atoms with Crippen LogP contribution in [0.5, 0.6) is 0 Å². The fourth-order valence-electron chi connectivity index (χ4n) is 2.75. The summed E-state index contributed by atoms with van der Waals surface area (Å²) in [6, 6.07) is 1.64. The Morgan fingerprint density at radius 2 is 1.73 bits per heavy atom. The Morgan fingerprint density at radius 1 is 1.08 bits per heavy atom. The first kappa shape index (κ1) is 19.7. The average Bonchev–Trinajstić information content (AvgIpc) is 3.11. The molecule has 2 rings (SSSR count). The summed E-state index contributed by atoms with van der Waals surface area (Å²) in [7, 11) is 0. The van der Waals surface area contributed by atoms with Crippen LogP contribution in [0.15, 0.2) is 18.5 Å². The third kappa shape index (κ3) is 5.75. The lowest BCUT2D eigenvalue weighted by Crippen LogP contribution is -2.56. The minimum atomic E-state index is -0.592. The van der Waals surface area contributed by atoms with E-state index in [9.17, 15) is 14.4 Å². The van der Waals surface area contributed by atoms with Crippen molar-refractivity contribution in [3.05, 3.63) is 18.5 Å². The fraction of sp³-hybridized carbons (Fsp3) is 0.647. The predicted octanol–water partition coefficient (Wildman–Crippen LogP) is -0.102. The molecule has 0 aromatic carbocycles. The molecule has 1 aromatic heterocycles. The third-order valence-electron chi connectivity index (χ3n) is 4.13. The van der Waals surface area contributed by atoms with Gasteiger partial charge < -0.3 is 20.4 Å². The van der Waals surface area contributed by atoms with Crippen LogP contribution in [0.1, 0.15) is 20.8 Å². The molecule has 0 spiro atoms. The molecular weight excluding hydrogens is 336 g/mol. The first-order chi connectivity index (χ1) is 12.4. The van der Waals surface area contributed by atoms with Crippen LogP contribution in [0.4, 0.5) is 4.79 Å². The van der Waals surface area contributed by atoms with Gasteiger partial charge in [-0.2, -0.15) is 5.10 Å². The van der Waals surface area contributed by atoms with E-state index >= 15 is 0 Å². The number of nitrogens with zero attached hydrogens (tertiary/aromatic N) is 4. The summed E-state index contributed by atoms with van der Waals surface area (Å²) in [4.78, 5) is 39.3. The number of hydrogen-bond acceptors (Lipinski definition) is 4. The van der Waals surface area contributed by atoms with Crippen molar-refractivity contribution in [2.24, 2.45) is 5.92 Å². The van der Waals surface area contributed by atoms with Gasteiger partial charge in [-0.15, -0.1) is 0 Å². The molecule has 1 aliphatic rings. The zero-order chi connectivity index (χ0) is 19.1. The Balaban J connectivity index is 1.70. The standard InChI is InChI=1S/C17H28N6O3/c1-13(2)20-15(24)16(25)21-7-9-22(10-8-21)17(26)18-11-14(3)12-23-6-4-5-19-23/h4-6,13-14H,7-12H2,1-3H3,(H,18,26)(H,20,24)/t14-/m1/s1. The highest BCUT2D eigenvalue weighted by Gasteiger charge is 2.28. The summed E-state index contributed by atoms with van der Waals surface area (Å²) in [6.07, 6.45) is 3.62. The van der Waals surface area contributed by atoms with Gasteiger partial charge in [0, 0.05) is 57.7 Å². The summed E-state index contributed by atoms with van der Waals surface area (Å²) in [5, 5.41) is 9.67. The monoisotopic (exact) mass is 364 g/mol. The van der Waals surface area contributed by atoms with Crippen molar-refractivity contribution >= 4 is 17.8 Å². The van der Waals surface area contributed by atoms with E-state index in [-0.39, 0.29) is 18.0 Å². The summed E-state index contributed by atoms with van der Waals surface area (Å²) >= 11 is 0. The molecule has 9 nitrogen and oxygen atoms in total. The molecule has 1 aromatic rings. The molecule has 0 bridgehead atoms. The van der Waals surface area contributed by atoms with Gasteiger partial charge in [-0.1, -0.05) is 6.92 Å². The third-order valence-corrected chi connectivity index (χ3v) is 4.13. The number of urea groups is 1. The van der Waals surface area contributed by atoms with E-state index in [1.165, 1.54) is 4.90 Å². The van der Waals surface area contributed by atoms with E-state index in [1.54, 1.807) is 24.9 Å². The van der Waals surface area contributed by atoms with Crippen LogP contribution in [-0.4, -0.2) is 76.2 Å². The van der Waals surface area contributed by atoms with Gasteiger partial charge in [-0.3, -0.25) is 14.3 Å². The van der Waals surface area contributed by atoms with E-state index in [1.807, 2.05) is 23.9 Å². The lowest BCUT2D eigenvalue weighted by Gasteiger charge is -2.34. The van der Waals surface area contributed by atoms with E-state index in [2.05, 4.69) is 15.7 Å². The molecule has 4 amide bonds. The number of piperazine rings is 1. The number of hydrogen-bond donors (Lipinski definition) is 2. The SMILES string of the molecule is CC(C)NC(=O)C(=O)N1CCN(C(=O)NC[C@@H](C)Cn2cccn2)CC1. The minimum absolute atomic E-state index is 0.0813. The van der Waals surface area contributed by atoms with Crippen molar-refractivity contribution < 1.29 is 14.4 Å². The number of carbonyl (C=O) groups excluding carboxylic acids is 3. The van der Waals surface area contributed by atoms with Gasteiger partial charge in [0.15, 0.2) is 0 Å². The molecule has 2 heterocycles. The number of carbonyl (C=O) groups is 3. The second kappa shape index (κ2) is 9.21. The molecular formula is C17H28N6O3. The Hall–Kier alpha value is -2.58. The molecule has 144 valence electrons. The quantitative estimate of drug-likeness (QED) is 0.713. The van der Waals surface area contributed by atoms with Crippen LogP contribution in [-0.2, 0) is 16.1 Å². The lowest BCUT2D eigenvalue weighted by atomic mass is 10.2. The van der Waals surface area contributed by atoms with Crippen molar-refractivity contribution in [3.8, 4) is 0 Å². The summed E-state index contributed by atoms with van der Waals surface area (Å²) < 4.78 is 1.84. The molecule has 1 saturated heterocycles. The molecule has 0 unspecified atom stereocenters. The second-order valence-electron chi connectivity index (χ2n) is 6.93. The van der Waals surface area contributed by atoms with Gasteiger partial charge >= 0.3 is 17.8 Å². The first-order valence-electron chi connectivity index (χ1n) is 8.96. The Bertz CT molecular complexity index is 608. The Labute approximate surface area is 153 Å². The average molecular weight is 364 g/mol. The molecule has 2 N–H and O–H groups in total. The van der Waals surface area contributed by atoms with Gasteiger partial charge in [-0.25, -0.2) is 4.79 Å². The number of rotatable bonds is 5. The van der Waals surface area contributed by atoms with Crippen molar-refractivity contribution in [2.75, 3.05) is 32.7 Å². The van der Waals surface area contributed by atoms with Gasteiger partial charge in [0.05, 0.1) is 0 Å². The van der Waals surface area contributed by atoms with Gasteiger partial charge in [-0.05, 0) is 25.8 Å². The minimum Gasteiger partial charge on any atom is -0.346 e. The molecule has 1 fully saturated rings. The Morgan fingerprint density at radius 3 is 2.31 bits per heavy atom. The smallest absolute Gasteiger partial charge is 0.317 e. The normalized spacial score (nSPS) is 15.7. The molecule has 0 aliphatic carbocycles. The molecule has 0 radical (unpaired) electrons. The van der Waals surface area contributed by atoms with Crippen molar-refractivity contribution in [2.45, 2.75) is 33.4 Å². The Kier molecular flexibility index (Phi) is 6.99. The van der Waals surface area contributed by atoms with Crippen LogP contribution in [0.3, 0.4) is 0 Å². The maximum atomic E-state index is 12.3. The van der Waals surface area contributed by atoms with Crippen LogP contribution < -0.4 is 10.6 Å². The summed E-state index contributed by atoms with van der Waals surface area (Å²) in [5.41, 5.74) is 0. The number of aromatic nitrogens is 2. The largest absolute Gasteiger partial charge is 0.346 e. The van der Waals surface area contributed by atoms with Crippen LogP contribution in [0.2, 0.25) is 0 Å². The highest BCUT2D eigenvalue weighted by atomic mass is 16.2. The van der Waals surface area contributed by atoms with Gasteiger partial charge in [0.25, 0.3) is 0 Å². The molecule has 9 heteroatoms. The highest BCUT2D eigenvalue weighted by molar-refractivity contribution is 6.35. The van der Waals surface area contributed by atoms with E-state index < -0.39 is 11.8 Å². The van der Waals surface area contributed by atoms with Crippen molar-refractivity contribution in [3.63, 3.8) is 0 Å². The lowest BCUT2D eigenvalue weighted by molar-refractivity contribution is -0.147. The second-order valence-corrected chi connectivity index (χ2v) is 6.93. The highest BCUT2D eigenvalue weighted by Crippen LogP contribution is 2.04. The maximum absolute atomic E-state index is 12.3. The van der Waals surface area contributed by atoms with Crippen molar-refractivity contribution in [1.29, 1.82) is 0 Å². The van der Waals surface area contributed by atoms with Gasteiger partial charge in [0.1, 0.15) is 0 Å². The summed E-state index contributed by atoms with van der Waals surface area (Å²) in [5.74, 6) is -0.876. The molecule has 1 atom stereocenters. The van der Waals surface area contributed by atoms with Crippen LogP contribution >= 0.6 is 0 Å². The topological polar surface area (TPSA) is 99.6 Å². The molecule has 1 aliphatic heterocycles. The fourth-order valence-corrected chi connectivity index (χ4v) is 2.75. The van der Waals surface area contributed by atoms with Gasteiger partial charge in [0.2, 0.25) is 0 Å². The molecule has 26 heavy (non-hydrogen) atoms. The van der Waals surface area contributed by atoms with E-state index in [4.69, 9.17) is 0 Å². The number of nitrogens with one attached hydrogen (secondary N) is 2. The molecule has 0 saturated carbocycles. The van der Waals surface area contributed by atoms with E-state index in [0.29, 0.717) is 32.7 Å². The summed E-state index contributed by atoms with van der Waals surface area (Å²) in [6.45, 7) is 8.50. The zero-order valence-electron chi connectivity index (χ0n) is 15.6. The predicted molar refractivity (Wildman–Crippen MR) is 96.2 cm³/mol. The van der Waals surface area contributed by atoms with Crippen LogP contribution in [0, 0.1) is 5.92 Å². The van der Waals surface area contributed by atoms with Crippen LogP contribution in [0.25, 0.3) is 0 Å². The van der Waals surface area contributed by atoms with E-state index in [0.717, 1.165) is 6.54 Å². The number of amides is 4. The maximum Gasteiger partial charge on any atom is 0.317 e. The first-order valence-corrected chi connectivity index (χ1v) is 8.96. The zero-order valence-corrected chi connectivity index (χ0v) is 15.6.